The van der Waals surface area contributed by atoms with Gasteiger partial charge in [0.05, 0.1) is 31.4 Å². The average Bonchev–Trinajstić information content (AvgIpc) is 2.53. The molecule has 1 heterocycles. The monoisotopic (exact) mass is 290 g/mol. The summed E-state index contributed by atoms with van der Waals surface area (Å²) >= 11 is 0. The summed E-state index contributed by atoms with van der Waals surface area (Å²) in [6, 6.07) is 5.39. The van der Waals surface area contributed by atoms with Crippen molar-refractivity contribution in [1.29, 1.82) is 0 Å². The van der Waals surface area contributed by atoms with Gasteiger partial charge in [0.15, 0.2) is 0 Å². The fourth-order valence-electron chi connectivity index (χ4n) is 3.40. The molecule has 2 fully saturated rings. The van der Waals surface area contributed by atoms with Gasteiger partial charge in [-0.2, -0.15) is 0 Å². The summed E-state index contributed by atoms with van der Waals surface area (Å²) in [6.45, 7) is 1.25. The topological polar surface area (TPSA) is 64.8 Å². The van der Waals surface area contributed by atoms with Crippen LogP contribution < -0.4 is 10.5 Å². The van der Waals surface area contributed by atoms with E-state index in [9.17, 15) is 4.79 Å². The van der Waals surface area contributed by atoms with Crippen LogP contribution in [0.25, 0.3) is 0 Å². The zero-order valence-corrected chi connectivity index (χ0v) is 12.4. The van der Waals surface area contributed by atoms with Gasteiger partial charge >= 0.3 is 0 Å². The lowest BCUT2D eigenvalue weighted by atomic mass is 9.89. The number of carbonyl (C=O) groups excluding carboxylic acids is 1. The molecule has 1 saturated heterocycles. The summed E-state index contributed by atoms with van der Waals surface area (Å²) in [7, 11) is 1.57. The molecule has 0 spiro atoms. The molecule has 21 heavy (non-hydrogen) atoms. The van der Waals surface area contributed by atoms with E-state index in [2.05, 4.69) is 0 Å². The van der Waals surface area contributed by atoms with Crippen molar-refractivity contribution in [2.75, 3.05) is 26.0 Å². The Morgan fingerprint density at radius 2 is 2.19 bits per heavy atom. The Kier molecular flexibility index (Phi) is 4.01. The number of rotatable bonds is 2. The molecule has 1 aliphatic carbocycles. The van der Waals surface area contributed by atoms with E-state index < -0.39 is 0 Å². The van der Waals surface area contributed by atoms with Gasteiger partial charge in [-0.3, -0.25) is 4.79 Å². The average molecular weight is 290 g/mol. The minimum Gasteiger partial charge on any atom is -0.496 e. The van der Waals surface area contributed by atoms with Crippen molar-refractivity contribution < 1.29 is 14.3 Å². The largest absolute Gasteiger partial charge is 0.496 e. The number of nitrogens with two attached hydrogens (primary N) is 1. The third kappa shape index (κ3) is 2.70. The highest BCUT2D eigenvalue weighted by Gasteiger charge is 2.37. The van der Waals surface area contributed by atoms with Gasteiger partial charge in [-0.15, -0.1) is 0 Å². The third-order valence-electron chi connectivity index (χ3n) is 4.45. The first kappa shape index (κ1) is 14.2. The normalized spacial score (nSPS) is 25.3. The predicted octanol–water partition coefficient (Wildman–Crippen LogP) is 2.06. The minimum absolute atomic E-state index is 0.000602. The van der Waals surface area contributed by atoms with Crippen molar-refractivity contribution in [1.82, 2.24) is 4.90 Å². The maximum atomic E-state index is 12.9. The van der Waals surface area contributed by atoms with Crippen LogP contribution in [0.2, 0.25) is 0 Å². The highest BCUT2D eigenvalue weighted by Crippen LogP contribution is 2.31. The second-order valence-corrected chi connectivity index (χ2v) is 5.72. The standard InChI is InChI=1S/C16H22N2O3/c1-20-14-7-6-11(17)10-12(14)16(19)18-8-9-21-15-5-3-2-4-13(15)18/h6-7,10,13,15H,2-5,8-9,17H2,1H3. The summed E-state index contributed by atoms with van der Waals surface area (Å²) in [5.74, 6) is 0.576. The molecule has 2 N–H and O–H groups in total. The molecular weight excluding hydrogens is 268 g/mol. The van der Waals surface area contributed by atoms with Gasteiger partial charge in [0.1, 0.15) is 5.75 Å². The van der Waals surface area contributed by atoms with Gasteiger partial charge in [0.2, 0.25) is 0 Å². The Balaban J connectivity index is 1.88. The second kappa shape index (κ2) is 5.93. The van der Waals surface area contributed by atoms with Crippen LogP contribution >= 0.6 is 0 Å². The maximum absolute atomic E-state index is 12.9. The fourth-order valence-corrected chi connectivity index (χ4v) is 3.40. The number of methoxy groups -OCH3 is 1. The molecule has 1 amide bonds. The van der Waals surface area contributed by atoms with Gasteiger partial charge < -0.3 is 20.1 Å². The van der Waals surface area contributed by atoms with Crippen molar-refractivity contribution in [3.63, 3.8) is 0 Å². The minimum atomic E-state index is -0.000602. The molecule has 1 aromatic rings. The van der Waals surface area contributed by atoms with Gasteiger partial charge in [-0.05, 0) is 31.0 Å². The van der Waals surface area contributed by atoms with Gasteiger partial charge in [0.25, 0.3) is 5.91 Å². The van der Waals surface area contributed by atoms with E-state index in [0.717, 1.165) is 19.3 Å². The SMILES string of the molecule is COc1ccc(N)cc1C(=O)N1CCOC2CCCCC21. The van der Waals surface area contributed by atoms with Crippen molar-refractivity contribution in [2.45, 2.75) is 37.8 Å². The molecule has 2 atom stereocenters. The molecule has 1 aromatic carbocycles. The predicted molar refractivity (Wildman–Crippen MR) is 80.4 cm³/mol. The summed E-state index contributed by atoms with van der Waals surface area (Å²) in [4.78, 5) is 14.9. The molecule has 0 aromatic heterocycles. The number of amides is 1. The number of nitrogens with zero attached hydrogens (tertiary/aromatic N) is 1. The van der Waals surface area contributed by atoms with Crippen molar-refractivity contribution >= 4 is 11.6 Å². The van der Waals surface area contributed by atoms with Crippen LogP contribution in [0.4, 0.5) is 5.69 Å². The quantitative estimate of drug-likeness (QED) is 0.847. The van der Waals surface area contributed by atoms with E-state index in [1.54, 1.807) is 25.3 Å². The number of morpholine rings is 1. The lowest BCUT2D eigenvalue weighted by Gasteiger charge is -2.43. The molecule has 3 rings (SSSR count). The molecule has 114 valence electrons. The van der Waals surface area contributed by atoms with Crippen LogP contribution in [0.1, 0.15) is 36.0 Å². The number of ether oxygens (including phenoxy) is 2. The van der Waals surface area contributed by atoms with Crippen LogP contribution in [-0.4, -0.2) is 43.2 Å². The molecule has 1 aliphatic heterocycles. The van der Waals surface area contributed by atoms with Crippen LogP contribution in [0.5, 0.6) is 5.75 Å². The number of nitrogen functional groups attached to an aromatic ring is 1. The van der Waals surface area contributed by atoms with E-state index in [1.165, 1.54) is 6.42 Å². The van der Waals surface area contributed by atoms with Crippen LogP contribution in [0, 0.1) is 0 Å². The Labute approximate surface area is 125 Å². The summed E-state index contributed by atoms with van der Waals surface area (Å²) in [5, 5.41) is 0. The first-order valence-electron chi connectivity index (χ1n) is 7.57. The first-order chi connectivity index (χ1) is 10.2. The molecule has 1 saturated carbocycles. The third-order valence-corrected chi connectivity index (χ3v) is 4.45. The highest BCUT2D eigenvalue weighted by atomic mass is 16.5. The number of benzene rings is 1. The van der Waals surface area contributed by atoms with Gasteiger partial charge in [0, 0.05) is 12.2 Å². The molecule has 2 aliphatic rings. The van der Waals surface area contributed by atoms with E-state index in [0.29, 0.717) is 30.2 Å². The van der Waals surface area contributed by atoms with Crippen molar-refractivity contribution in [3.05, 3.63) is 23.8 Å². The molecular formula is C16H22N2O3. The molecule has 0 bridgehead atoms. The first-order valence-corrected chi connectivity index (χ1v) is 7.57. The molecule has 0 radical (unpaired) electrons. The number of carbonyl (C=O) groups is 1. The Morgan fingerprint density at radius 3 is 3.00 bits per heavy atom. The Morgan fingerprint density at radius 1 is 1.38 bits per heavy atom. The maximum Gasteiger partial charge on any atom is 0.258 e. The van der Waals surface area contributed by atoms with Crippen LogP contribution in [-0.2, 0) is 4.74 Å². The van der Waals surface area contributed by atoms with E-state index in [1.807, 2.05) is 4.90 Å². The summed E-state index contributed by atoms with van der Waals surface area (Å²) in [5.41, 5.74) is 6.95. The molecule has 2 unspecified atom stereocenters. The Hall–Kier alpha value is -1.75. The number of anilines is 1. The van der Waals surface area contributed by atoms with E-state index in [4.69, 9.17) is 15.2 Å². The second-order valence-electron chi connectivity index (χ2n) is 5.72. The summed E-state index contributed by atoms with van der Waals surface area (Å²) < 4.78 is 11.1. The lowest BCUT2D eigenvalue weighted by Crippen LogP contribution is -2.54. The molecule has 5 nitrogen and oxygen atoms in total. The highest BCUT2D eigenvalue weighted by molar-refractivity contribution is 5.98. The zero-order valence-electron chi connectivity index (χ0n) is 12.4. The number of hydrogen-bond acceptors (Lipinski definition) is 4. The van der Waals surface area contributed by atoms with Crippen molar-refractivity contribution in [2.24, 2.45) is 0 Å². The summed E-state index contributed by atoms with van der Waals surface area (Å²) in [6.07, 6.45) is 4.58. The molecule has 5 heteroatoms. The van der Waals surface area contributed by atoms with Gasteiger partial charge in [-0.1, -0.05) is 12.8 Å². The number of hydrogen-bond donors (Lipinski definition) is 1. The fraction of sp³-hybridized carbons (Fsp3) is 0.562. The van der Waals surface area contributed by atoms with Gasteiger partial charge in [-0.25, -0.2) is 0 Å². The van der Waals surface area contributed by atoms with Crippen molar-refractivity contribution in [3.8, 4) is 5.75 Å². The smallest absolute Gasteiger partial charge is 0.258 e. The number of fused-ring (bicyclic) bond motifs is 1. The Bertz CT molecular complexity index is 530. The lowest BCUT2D eigenvalue weighted by molar-refractivity contribution is -0.0753. The van der Waals surface area contributed by atoms with E-state index in [-0.39, 0.29) is 18.1 Å². The van der Waals surface area contributed by atoms with Crippen LogP contribution in [0.3, 0.4) is 0 Å². The van der Waals surface area contributed by atoms with Crippen LogP contribution in [0.15, 0.2) is 18.2 Å². The van der Waals surface area contributed by atoms with E-state index >= 15 is 0 Å². The zero-order chi connectivity index (χ0) is 14.8.